The Labute approximate surface area is 112 Å². The first kappa shape index (κ1) is 13.1. The van der Waals surface area contributed by atoms with Gasteiger partial charge in [0.2, 0.25) is 0 Å². The van der Waals surface area contributed by atoms with Crippen LogP contribution < -0.4 is 5.73 Å². The molecule has 2 rings (SSSR count). The van der Waals surface area contributed by atoms with Crippen LogP contribution in [0.25, 0.3) is 0 Å². The van der Waals surface area contributed by atoms with E-state index in [4.69, 9.17) is 5.73 Å². The van der Waals surface area contributed by atoms with E-state index in [1.165, 1.54) is 5.56 Å². The van der Waals surface area contributed by atoms with Crippen LogP contribution in [0.15, 0.2) is 36.4 Å². The van der Waals surface area contributed by atoms with Gasteiger partial charge in [-0.3, -0.25) is 9.89 Å². The van der Waals surface area contributed by atoms with Crippen molar-refractivity contribution in [2.24, 2.45) is 0 Å². The molecule has 0 saturated carbocycles. The van der Waals surface area contributed by atoms with Gasteiger partial charge >= 0.3 is 0 Å². The molecular weight excluding hydrogens is 240 g/mol. The molecule has 5 heteroatoms. The van der Waals surface area contributed by atoms with Crippen molar-refractivity contribution < 1.29 is 4.79 Å². The van der Waals surface area contributed by atoms with Gasteiger partial charge in [-0.05, 0) is 18.9 Å². The Morgan fingerprint density at radius 3 is 2.68 bits per heavy atom. The Morgan fingerprint density at radius 1 is 1.37 bits per heavy atom. The highest BCUT2D eigenvalue weighted by Gasteiger charge is 2.16. The zero-order valence-corrected chi connectivity index (χ0v) is 11.0. The third-order valence-electron chi connectivity index (χ3n) is 3.01. The van der Waals surface area contributed by atoms with Gasteiger partial charge in [0.1, 0.15) is 11.5 Å². The number of hydrogen-bond donors (Lipinski definition) is 2. The Balaban J connectivity index is 1.98. The quantitative estimate of drug-likeness (QED) is 0.857. The van der Waals surface area contributed by atoms with Gasteiger partial charge in [0.25, 0.3) is 5.91 Å². The van der Waals surface area contributed by atoms with Gasteiger partial charge in [-0.15, -0.1) is 0 Å². The number of nitrogens with one attached hydrogen (secondary N) is 1. The van der Waals surface area contributed by atoms with Crippen LogP contribution in [0.5, 0.6) is 0 Å². The highest BCUT2D eigenvalue weighted by atomic mass is 16.2. The summed E-state index contributed by atoms with van der Waals surface area (Å²) < 4.78 is 0. The maximum Gasteiger partial charge on any atom is 0.271 e. The number of aromatic amines is 1. The number of amides is 1. The Hall–Kier alpha value is -2.30. The number of aromatic nitrogens is 2. The lowest BCUT2D eigenvalue weighted by atomic mass is 10.1. The van der Waals surface area contributed by atoms with Crippen LogP contribution >= 0.6 is 0 Å². The zero-order chi connectivity index (χ0) is 13.7. The summed E-state index contributed by atoms with van der Waals surface area (Å²) in [4.78, 5) is 14.0. The molecule has 0 aliphatic carbocycles. The first-order chi connectivity index (χ1) is 9.20. The molecule has 1 aromatic heterocycles. The lowest BCUT2D eigenvalue weighted by Gasteiger charge is -2.19. The molecule has 0 radical (unpaired) electrons. The summed E-state index contributed by atoms with van der Waals surface area (Å²) in [5.41, 5.74) is 7.17. The summed E-state index contributed by atoms with van der Waals surface area (Å²) in [5.74, 6) is 0.269. The van der Waals surface area contributed by atoms with Crippen molar-refractivity contribution in [2.75, 3.05) is 18.8 Å². The van der Waals surface area contributed by atoms with E-state index < -0.39 is 0 Å². The molecule has 1 amide bonds. The van der Waals surface area contributed by atoms with Crippen LogP contribution in [0.2, 0.25) is 0 Å². The molecule has 0 saturated heterocycles. The van der Waals surface area contributed by atoms with Gasteiger partial charge in [0.05, 0.1) is 0 Å². The van der Waals surface area contributed by atoms with Gasteiger partial charge in [0, 0.05) is 19.2 Å². The average molecular weight is 258 g/mol. The van der Waals surface area contributed by atoms with E-state index in [0.29, 0.717) is 24.6 Å². The van der Waals surface area contributed by atoms with Crippen molar-refractivity contribution >= 4 is 11.7 Å². The molecule has 0 bridgehead atoms. The fourth-order valence-electron chi connectivity index (χ4n) is 1.93. The van der Waals surface area contributed by atoms with E-state index in [2.05, 4.69) is 22.3 Å². The first-order valence-corrected chi connectivity index (χ1v) is 6.34. The second-order valence-corrected chi connectivity index (χ2v) is 4.33. The first-order valence-electron chi connectivity index (χ1n) is 6.34. The minimum Gasteiger partial charge on any atom is -0.382 e. The molecular formula is C14H18N4O. The lowest BCUT2D eigenvalue weighted by molar-refractivity contribution is 0.0760. The summed E-state index contributed by atoms with van der Waals surface area (Å²) >= 11 is 0. The largest absolute Gasteiger partial charge is 0.382 e. The van der Waals surface area contributed by atoms with Crippen molar-refractivity contribution in [1.29, 1.82) is 0 Å². The number of anilines is 1. The predicted molar refractivity (Wildman–Crippen MR) is 74.7 cm³/mol. The van der Waals surface area contributed by atoms with E-state index >= 15 is 0 Å². The highest BCUT2D eigenvalue weighted by Crippen LogP contribution is 2.07. The van der Waals surface area contributed by atoms with E-state index in [0.717, 1.165) is 6.42 Å². The summed E-state index contributed by atoms with van der Waals surface area (Å²) in [6, 6.07) is 11.7. The number of carbonyl (C=O) groups excluding carboxylic acids is 1. The molecule has 3 N–H and O–H groups in total. The number of hydrogen-bond acceptors (Lipinski definition) is 3. The second kappa shape index (κ2) is 6.04. The summed E-state index contributed by atoms with van der Waals surface area (Å²) in [7, 11) is 0. The SMILES string of the molecule is CCN(CCc1ccccc1)C(=O)c1cc(N)n[nH]1. The van der Waals surface area contributed by atoms with Crippen molar-refractivity contribution in [1.82, 2.24) is 15.1 Å². The molecule has 0 aliphatic rings. The number of likely N-dealkylation sites (N-methyl/N-ethyl adjacent to an activating group) is 1. The average Bonchev–Trinajstić information content (AvgIpc) is 2.87. The smallest absolute Gasteiger partial charge is 0.271 e. The second-order valence-electron chi connectivity index (χ2n) is 4.33. The van der Waals surface area contributed by atoms with E-state index in [9.17, 15) is 4.79 Å². The van der Waals surface area contributed by atoms with Crippen molar-refractivity contribution in [3.63, 3.8) is 0 Å². The van der Waals surface area contributed by atoms with E-state index in [1.807, 2.05) is 25.1 Å². The topological polar surface area (TPSA) is 75.0 Å². The summed E-state index contributed by atoms with van der Waals surface area (Å²) in [5, 5.41) is 6.43. The zero-order valence-electron chi connectivity index (χ0n) is 11.0. The van der Waals surface area contributed by atoms with Gasteiger partial charge in [-0.25, -0.2) is 0 Å². The minimum absolute atomic E-state index is 0.0670. The molecule has 0 spiro atoms. The fraction of sp³-hybridized carbons (Fsp3) is 0.286. The monoisotopic (exact) mass is 258 g/mol. The maximum atomic E-state index is 12.2. The van der Waals surface area contributed by atoms with Crippen LogP contribution in [-0.4, -0.2) is 34.1 Å². The van der Waals surface area contributed by atoms with Gasteiger partial charge in [0.15, 0.2) is 0 Å². The molecule has 0 aliphatic heterocycles. The van der Waals surface area contributed by atoms with E-state index in [-0.39, 0.29) is 5.91 Å². The van der Waals surface area contributed by atoms with Crippen molar-refractivity contribution in [3.05, 3.63) is 47.7 Å². The normalized spacial score (nSPS) is 10.4. The molecule has 2 aromatic rings. The number of carbonyl (C=O) groups is 1. The van der Waals surface area contributed by atoms with Gasteiger partial charge in [-0.1, -0.05) is 30.3 Å². The number of H-pyrrole nitrogens is 1. The molecule has 0 fully saturated rings. The van der Waals surface area contributed by atoms with Crippen molar-refractivity contribution in [2.45, 2.75) is 13.3 Å². The van der Waals surface area contributed by atoms with Gasteiger partial charge < -0.3 is 10.6 Å². The summed E-state index contributed by atoms with van der Waals surface area (Å²) in [6.45, 7) is 3.30. The maximum absolute atomic E-state index is 12.2. The number of benzene rings is 1. The third-order valence-corrected chi connectivity index (χ3v) is 3.01. The molecule has 5 nitrogen and oxygen atoms in total. The molecule has 0 atom stereocenters. The van der Waals surface area contributed by atoms with E-state index in [1.54, 1.807) is 11.0 Å². The van der Waals surface area contributed by atoms with Crippen LogP contribution in [0, 0.1) is 0 Å². The summed E-state index contributed by atoms with van der Waals surface area (Å²) in [6.07, 6.45) is 0.837. The third kappa shape index (κ3) is 3.34. The fourth-order valence-corrected chi connectivity index (χ4v) is 1.93. The number of nitrogens with zero attached hydrogens (tertiary/aromatic N) is 2. The van der Waals surface area contributed by atoms with Crippen LogP contribution in [0.4, 0.5) is 5.82 Å². The number of nitrogens with two attached hydrogens (primary N) is 1. The number of nitrogen functional groups attached to an aromatic ring is 1. The Morgan fingerprint density at radius 2 is 2.11 bits per heavy atom. The molecule has 1 aromatic carbocycles. The van der Waals surface area contributed by atoms with Crippen LogP contribution in [0.1, 0.15) is 23.0 Å². The van der Waals surface area contributed by atoms with Crippen LogP contribution in [-0.2, 0) is 6.42 Å². The minimum atomic E-state index is -0.0670. The predicted octanol–water partition coefficient (Wildman–Crippen LogP) is 1.70. The highest BCUT2D eigenvalue weighted by molar-refractivity contribution is 5.92. The van der Waals surface area contributed by atoms with Crippen molar-refractivity contribution in [3.8, 4) is 0 Å². The molecule has 100 valence electrons. The lowest BCUT2D eigenvalue weighted by Crippen LogP contribution is -2.33. The standard InChI is InChI=1S/C14H18N4O/c1-2-18(9-8-11-6-4-3-5-7-11)14(19)12-10-13(15)17-16-12/h3-7,10H,2,8-9H2,1H3,(H3,15,16,17). The number of rotatable bonds is 5. The molecule has 19 heavy (non-hydrogen) atoms. The molecule has 1 heterocycles. The van der Waals surface area contributed by atoms with Gasteiger partial charge in [-0.2, -0.15) is 5.10 Å². The Bertz CT molecular complexity index is 535. The molecule has 0 unspecified atom stereocenters. The van der Waals surface area contributed by atoms with Crippen LogP contribution in [0.3, 0.4) is 0 Å². The Kier molecular flexibility index (Phi) is 4.18.